The molecule has 0 radical (unpaired) electrons. The highest BCUT2D eigenvalue weighted by atomic mass is 32.2. The smallest absolute Gasteiger partial charge is 0.325 e. The molecule has 0 atom stereocenters. The zero-order chi connectivity index (χ0) is 22.4. The van der Waals surface area contributed by atoms with Gasteiger partial charge in [-0.2, -0.15) is 0 Å². The molecule has 3 rings (SSSR count). The minimum Gasteiger partial charge on any atom is -0.490 e. The number of amides is 2. The van der Waals surface area contributed by atoms with Crippen LogP contribution < -0.4 is 9.47 Å². The number of hydrogen-bond donors (Lipinski definition) is 0. The minimum atomic E-state index is -0.655. The van der Waals surface area contributed by atoms with E-state index in [4.69, 9.17) is 9.47 Å². The van der Waals surface area contributed by atoms with Gasteiger partial charge < -0.3 is 14.2 Å². The average molecular weight is 442 g/mol. The summed E-state index contributed by atoms with van der Waals surface area (Å²) in [6.45, 7) is 4.33. The second kappa shape index (κ2) is 10.2. The molecule has 0 bridgehead atoms. The molecule has 0 spiro atoms. The molecule has 1 aliphatic heterocycles. The van der Waals surface area contributed by atoms with Crippen LogP contribution in [-0.2, 0) is 20.9 Å². The van der Waals surface area contributed by atoms with Gasteiger partial charge in [0.25, 0.3) is 11.1 Å². The summed E-state index contributed by atoms with van der Waals surface area (Å²) in [4.78, 5) is 37.1. The summed E-state index contributed by atoms with van der Waals surface area (Å²) in [6.07, 6.45) is 1.59. The molecule has 7 nitrogen and oxygen atoms in total. The summed E-state index contributed by atoms with van der Waals surface area (Å²) in [5.41, 5.74) is 2.88. The third-order valence-corrected chi connectivity index (χ3v) is 5.34. The summed E-state index contributed by atoms with van der Waals surface area (Å²) in [6, 6.07) is 13.4. The van der Waals surface area contributed by atoms with Crippen LogP contribution in [0.25, 0.3) is 6.08 Å². The van der Waals surface area contributed by atoms with E-state index >= 15 is 0 Å². The Morgan fingerprint density at radius 1 is 1.10 bits per heavy atom. The second-order valence-corrected chi connectivity index (χ2v) is 7.75. The van der Waals surface area contributed by atoms with Crippen molar-refractivity contribution in [1.29, 1.82) is 0 Å². The SMILES string of the molecule is CCOc1cc(/C=C2\SC(=O)N(CC(=O)OC)C2=O)ccc1OCc1cccc(C)c1. The van der Waals surface area contributed by atoms with Crippen molar-refractivity contribution in [3.63, 3.8) is 0 Å². The van der Waals surface area contributed by atoms with Gasteiger partial charge in [-0.3, -0.25) is 19.3 Å². The number of rotatable bonds is 8. The number of esters is 1. The van der Waals surface area contributed by atoms with Crippen molar-refractivity contribution in [2.45, 2.75) is 20.5 Å². The third kappa shape index (κ3) is 5.67. The Kier molecular flexibility index (Phi) is 7.36. The first-order valence-corrected chi connectivity index (χ1v) is 10.5. The number of imide groups is 1. The van der Waals surface area contributed by atoms with Crippen molar-refractivity contribution >= 4 is 35.0 Å². The molecule has 0 aromatic heterocycles. The Labute approximate surface area is 185 Å². The number of hydrogen-bond acceptors (Lipinski definition) is 7. The highest BCUT2D eigenvalue weighted by Crippen LogP contribution is 2.35. The molecule has 162 valence electrons. The Balaban J connectivity index is 1.78. The normalized spacial score (nSPS) is 14.8. The van der Waals surface area contributed by atoms with Crippen LogP contribution in [0.3, 0.4) is 0 Å². The molecule has 1 aliphatic rings. The maximum atomic E-state index is 12.5. The van der Waals surface area contributed by atoms with Crippen molar-refractivity contribution in [2.24, 2.45) is 0 Å². The van der Waals surface area contributed by atoms with Crippen molar-refractivity contribution in [2.75, 3.05) is 20.3 Å². The Hall–Kier alpha value is -3.26. The molecular formula is C23H23NO6S. The molecule has 0 aliphatic carbocycles. The van der Waals surface area contributed by atoms with E-state index in [-0.39, 0.29) is 4.91 Å². The van der Waals surface area contributed by atoms with E-state index < -0.39 is 23.7 Å². The monoisotopic (exact) mass is 441 g/mol. The van der Waals surface area contributed by atoms with Gasteiger partial charge in [0.2, 0.25) is 0 Å². The van der Waals surface area contributed by atoms with E-state index in [1.165, 1.54) is 7.11 Å². The van der Waals surface area contributed by atoms with Crippen LogP contribution in [0.2, 0.25) is 0 Å². The molecule has 31 heavy (non-hydrogen) atoms. The highest BCUT2D eigenvalue weighted by Gasteiger charge is 2.36. The number of benzene rings is 2. The molecule has 2 aromatic carbocycles. The van der Waals surface area contributed by atoms with E-state index in [0.717, 1.165) is 27.8 Å². The molecule has 2 amide bonds. The van der Waals surface area contributed by atoms with Crippen LogP contribution in [0.4, 0.5) is 4.79 Å². The fourth-order valence-electron chi connectivity index (χ4n) is 2.95. The molecular weight excluding hydrogens is 418 g/mol. The van der Waals surface area contributed by atoms with Crippen LogP contribution in [0.5, 0.6) is 11.5 Å². The number of ether oxygens (including phenoxy) is 3. The van der Waals surface area contributed by atoms with E-state index in [0.29, 0.717) is 30.3 Å². The van der Waals surface area contributed by atoms with Crippen LogP contribution in [0.1, 0.15) is 23.6 Å². The van der Waals surface area contributed by atoms with Gasteiger partial charge in [0.05, 0.1) is 18.6 Å². The fraction of sp³-hybridized carbons (Fsp3) is 0.261. The highest BCUT2D eigenvalue weighted by molar-refractivity contribution is 8.18. The second-order valence-electron chi connectivity index (χ2n) is 6.76. The van der Waals surface area contributed by atoms with Crippen LogP contribution in [0, 0.1) is 6.92 Å². The van der Waals surface area contributed by atoms with Crippen LogP contribution in [0.15, 0.2) is 47.4 Å². The zero-order valence-corrected chi connectivity index (χ0v) is 18.4. The quantitative estimate of drug-likeness (QED) is 0.449. The number of carbonyl (C=O) groups is 3. The summed E-state index contributed by atoms with van der Waals surface area (Å²) >= 11 is 0.780. The summed E-state index contributed by atoms with van der Waals surface area (Å²) in [5, 5.41) is -0.509. The zero-order valence-electron chi connectivity index (χ0n) is 17.5. The van der Waals surface area contributed by atoms with E-state index in [1.54, 1.807) is 24.3 Å². The van der Waals surface area contributed by atoms with Gasteiger partial charge >= 0.3 is 5.97 Å². The fourth-order valence-corrected chi connectivity index (χ4v) is 3.78. The predicted molar refractivity (Wildman–Crippen MR) is 118 cm³/mol. The standard InChI is InChI=1S/C23H23NO6S/c1-4-29-19-11-16(8-9-18(19)30-14-17-7-5-6-15(2)10-17)12-20-22(26)24(23(27)31-20)13-21(25)28-3/h5-12H,4,13-14H2,1-3H3/b20-12-. The lowest BCUT2D eigenvalue weighted by atomic mass is 10.1. The number of aryl methyl sites for hydroxylation is 1. The summed E-state index contributed by atoms with van der Waals surface area (Å²) < 4.78 is 16.2. The summed E-state index contributed by atoms with van der Waals surface area (Å²) in [7, 11) is 1.20. The van der Waals surface area contributed by atoms with Gasteiger partial charge in [-0.05, 0) is 54.9 Å². The first-order chi connectivity index (χ1) is 14.9. The Bertz CT molecular complexity index is 1030. The van der Waals surface area contributed by atoms with Gasteiger partial charge in [-0.15, -0.1) is 0 Å². The lowest BCUT2D eigenvalue weighted by molar-refractivity contribution is -0.143. The summed E-state index contributed by atoms with van der Waals surface area (Å²) in [5.74, 6) is -0.0626. The third-order valence-electron chi connectivity index (χ3n) is 4.43. The van der Waals surface area contributed by atoms with Gasteiger partial charge in [-0.25, -0.2) is 0 Å². The number of thioether (sulfide) groups is 1. The first kappa shape index (κ1) is 22.4. The maximum absolute atomic E-state index is 12.5. The topological polar surface area (TPSA) is 82.1 Å². The van der Waals surface area contributed by atoms with Gasteiger partial charge in [0, 0.05) is 0 Å². The molecule has 0 unspecified atom stereocenters. The van der Waals surface area contributed by atoms with Gasteiger partial charge in [0.15, 0.2) is 11.5 Å². The molecule has 2 aromatic rings. The van der Waals surface area contributed by atoms with Gasteiger partial charge in [0.1, 0.15) is 13.2 Å². The van der Waals surface area contributed by atoms with E-state index in [9.17, 15) is 14.4 Å². The number of carbonyl (C=O) groups excluding carboxylic acids is 3. The predicted octanol–water partition coefficient (Wildman–Crippen LogP) is 4.18. The molecule has 1 saturated heterocycles. The first-order valence-electron chi connectivity index (χ1n) is 9.68. The number of nitrogens with zero attached hydrogens (tertiary/aromatic N) is 1. The lowest BCUT2D eigenvalue weighted by Crippen LogP contribution is -2.34. The van der Waals surface area contributed by atoms with Crippen molar-refractivity contribution in [1.82, 2.24) is 4.90 Å². The lowest BCUT2D eigenvalue weighted by Gasteiger charge is -2.13. The molecule has 0 N–H and O–H groups in total. The molecule has 0 saturated carbocycles. The van der Waals surface area contributed by atoms with Gasteiger partial charge in [-0.1, -0.05) is 35.9 Å². The molecule has 8 heteroatoms. The van der Waals surface area contributed by atoms with Crippen LogP contribution >= 0.6 is 11.8 Å². The van der Waals surface area contributed by atoms with Crippen molar-refractivity contribution in [3.05, 3.63) is 64.1 Å². The average Bonchev–Trinajstić information content (AvgIpc) is 3.00. The Morgan fingerprint density at radius 3 is 2.61 bits per heavy atom. The molecule has 1 heterocycles. The minimum absolute atomic E-state index is 0.227. The van der Waals surface area contributed by atoms with E-state index in [2.05, 4.69) is 10.8 Å². The van der Waals surface area contributed by atoms with Crippen molar-refractivity contribution < 1.29 is 28.6 Å². The van der Waals surface area contributed by atoms with Crippen molar-refractivity contribution in [3.8, 4) is 11.5 Å². The Morgan fingerprint density at radius 2 is 1.90 bits per heavy atom. The number of methoxy groups -OCH3 is 1. The maximum Gasteiger partial charge on any atom is 0.325 e. The molecule has 1 fully saturated rings. The largest absolute Gasteiger partial charge is 0.490 e. The van der Waals surface area contributed by atoms with Crippen LogP contribution in [-0.4, -0.2) is 42.3 Å². The van der Waals surface area contributed by atoms with E-state index in [1.807, 2.05) is 32.0 Å².